The smallest absolute Gasteiger partial charge is 0.223 e. The SMILES string of the molecule is CN=C(NCc1noc(C)n1)N1CCN(c2cc(F)ccc2F)CC1.I. The summed E-state index contributed by atoms with van der Waals surface area (Å²) in [4.78, 5) is 12.3. The molecule has 0 spiro atoms. The zero-order valence-electron chi connectivity index (χ0n) is 14.6. The van der Waals surface area contributed by atoms with Crippen molar-refractivity contribution in [2.75, 3.05) is 38.1 Å². The van der Waals surface area contributed by atoms with Crippen LogP contribution in [0.1, 0.15) is 11.7 Å². The number of benzene rings is 1. The van der Waals surface area contributed by atoms with Crippen molar-refractivity contribution in [1.29, 1.82) is 0 Å². The quantitative estimate of drug-likeness (QED) is 0.415. The number of nitrogens with one attached hydrogen (secondary N) is 1. The maximum absolute atomic E-state index is 13.9. The van der Waals surface area contributed by atoms with Crippen LogP contribution in [0.4, 0.5) is 14.5 Å². The highest BCUT2D eigenvalue weighted by molar-refractivity contribution is 14.0. The van der Waals surface area contributed by atoms with Crippen molar-refractivity contribution < 1.29 is 13.3 Å². The van der Waals surface area contributed by atoms with Gasteiger partial charge in [0.15, 0.2) is 11.8 Å². The van der Waals surface area contributed by atoms with E-state index in [-0.39, 0.29) is 24.0 Å². The van der Waals surface area contributed by atoms with E-state index in [1.54, 1.807) is 14.0 Å². The van der Waals surface area contributed by atoms with Crippen LogP contribution in [0.25, 0.3) is 0 Å². The van der Waals surface area contributed by atoms with Gasteiger partial charge in [0, 0.05) is 46.2 Å². The fourth-order valence-corrected chi connectivity index (χ4v) is 2.79. The average Bonchev–Trinajstić information content (AvgIpc) is 3.03. The van der Waals surface area contributed by atoms with E-state index in [0.717, 1.165) is 12.1 Å². The number of piperazine rings is 1. The Morgan fingerprint density at radius 1 is 1.27 bits per heavy atom. The molecule has 0 bridgehead atoms. The van der Waals surface area contributed by atoms with Crippen LogP contribution in [0, 0.1) is 18.6 Å². The normalized spacial score (nSPS) is 15.0. The second-order valence-corrected chi connectivity index (χ2v) is 5.70. The van der Waals surface area contributed by atoms with Gasteiger partial charge in [0.1, 0.15) is 11.6 Å². The molecule has 0 unspecified atom stereocenters. The van der Waals surface area contributed by atoms with E-state index < -0.39 is 11.6 Å². The van der Waals surface area contributed by atoms with Crippen LogP contribution in [-0.2, 0) is 6.54 Å². The van der Waals surface area contributed by atoms with Crippen LogP contribution < -0.4 is 10.2 Å². The van der Waals surface area contributed by atoms with Gasteiger partial charge >= 0.3 is 0 Å². The van der Waals surface area contributed by atoms with Gasteiger partial charge in [0.25, 0.3) is 0 Å². The molecule has 1 aromatic heterocycles. The standard InChI is InChI=1S/C16H20F2N6O.HI/c1-11-21-15(22-25-11)10-20-16(19-2)24-7-5-23(6-8-24)14-9-12(17)3-4-13(14)18;/h3-4,9H,5-8,10H2,1-2H3,(H,19,20);1H. The number of hydrogen-bond acceptors (Lipinski definition) is 5. The minimum atomic E-state index is -0.438. The first-order chi connectivity index (χ1) is 12.1. The average molecular weight is 478 g/mol. The summed E-state index contributed by atoms with van der Waals surface area (Å²) in [5, 5.41) is 7.01. The first kappa shape index (κ1) is 20.3. The number of aryl methyl sites for hydroxylation is 1. The third-order valence-corrected chi connectivity index (χ3v) is 4.01. The molecule has 0 radical (unpaired) electrons. The van der Waals surface area contributed by atoms with E-state index in [4.69, 9.17) is 4.52 Å². The third-order valence-electron chi connectivity index (χ3n) is 4.01. The Kier molecular flexibility index (Phi) is 7.12. The topological polar surface area (TPSA) is 69.8 Å². The van der Waals surface area contributed by atoms with Gasteiger partial charge in [-0.1, -0.05) is 5.16 Å². The van der Waals surface area contributed by atoms with E-state index in [0.29, 0.717) is 56.1 Å². The molecule has 0 aliphatic carbocycles. The first-order valence-electron chi connectivity index (χ1n) is 8.01. The molecule has 2 heterocycles. The van der Waals surface area contributed by atoms with Crippen LogP contribution in [0.5, 0.6) is 0 Å². The molecule has 1 saturated heterocycles. The van der Waals surface area contributed by atoms with Crippen molar-refractivity contribution in [3.05, 3.63) is 41.5 Å². The Morgan fingerprint density at radius 3 is 2.62 bits per heavy atom. The predicted molar refractivity (Wildman–Crippen MR) is 105 cm³/mol. The molecule has 0 atom stereocenters. The monoisotopic (exact) mass is 478 g/mol. The molecule has 7 nitrogen and oxygen atoms in total. The van der Waals surface area contributed by atoms with Crippen molar-refractivity contribution in [1.82, 2.24) is 20.4 Å². The van der Waals surface area contributed by atoms with E-state index >= 15 is 0 Å². The van der Waals surface area contributed by atoms with Gasteiger partial charge < -0.3 is 19.6 Å². The third kappa shape index (κ3) is 4.80. The second kappa shape index (κ2) is 9.10. The molecule has 1 aliphatic heterocycles. The molecular formula is C16H21F2IN6O. The number of hydrogen-bond donors (Lipinski definition) is 1. The largest absolute Gasteiger partial charge is 0.366 e. The maximum Gasteiger partial charge on any atom is 0.223 e. The molecule has 1 aliphatic rings. The number of halogens is 3. The molecule has 1 aromatic carbocycles. The van der Waals surface area contributed by atoms with E-state index in [2.05, 4.69) is 25.3 Å². The number of guanidine groups is 1. The van der Waals surface area contributed by atoms with Crippen LogP contribution in [-0.4, -0.2) is 54.2 Å². The van der Waals surface area contributed by atoms with Crippen molar-refractivity contribution in [2.24, 2.45) is 4.99 Å². The number of rotatable bonds is 3. The summed E-state index contributed by atoms with van der Waals surface area (Å²) in [6.07, 6.45) is 0. The van der Waals surface area contributed by atoms with Crippen molar-refractivity contribution in [3.8, 4) is 0 Å². The maximum atomic E-state index is 13.9. The van der Waals surface area contributed by atoms with Crippen molar-refractivity contribution >= 4 is 35.6 Å². The molecule has 2 aromatic rings. The fourth-order valence-electron chi connectivity index (χ4n) is 2.79. The molecule has 0 amide bonds. The summed E-state index contributed by atoms with van der Waals surface area (Å²) in [7, 11) is 1.70. The minimum Gasteiger partial charge on any atom is -0.366 e. The summed E-state index contributed by atoms with van der Waals surface area (Å²) >= 11 is 0. The summed E-state index contributed by atoms with van der Waals surface area (Å²) < 4.78 is 32.2. The first-order valence-corrected chi connectivity index (χ1v) is 8.01. The van der Waals surface area contributed by atoms with Gasteiger partial charge in [0.05, 0.1) is 12.2 Å². The number of nitrogens with zero attached hydrogens (tertiary/aromatic N) is 5. The second-order valence-electron chi connectivity index (χ2n) is 5.70. The summed E-state index contributed by atoms with van der Waals surface area (Å²) in [6, 6.07) is 3.52. The number of aliphatic imine (C=N–C) groups is 1. The molecular weight excluding hydrogens is 457 g/mol. The fraction of sp³-hybridized carbons (Fsp3) is 0.438. The van der Waals surface area contributed by atoms with Crippen LogP contribution in [0.15, 0.2) is 27.7 Å². The highest BCUT2D eigenvalue weighted by Gasteiger charge is 2.22. The van der Waals surface area contributed by atoms with E-state index in [1.165, 1.54) is 6.07 Å². The molecule has 0 saturated carbocycles. The predicted octanol–water partition coefficient (Wildman–Crippen LogP) is 2.17. The molecule has 26 heavy (non-hydrogen) atoms. The van der Waals surface area contributed by atoms with Gasteiger partial charge in [-0.25, -0.2) is 8.78 Å². The highest BCUT2D eigenvalue weighted by Crippen LogP contribution is 2.21. The number of anilines is 1. The molecule has 10 heteroatoms. The Bertz CT molecular complexity index is 761. The lowest BCUT2D eigenvalue weighted by Gasteiger charge is -2.37. The summed E-state index contributed by atoms with van der Waals surface area (Å²) in [5.74, 6) is 0.926. The molecule has 1 N–H and O–H groups in total. The van der Waals surface area contributed by atoms with Crippen LogP contribution >= 0.6 is 24.0 Å². The Balaban J connectivity index is 0.00000243. The van der Waals surface area contributed by atoms with Crippen LogP contribution in [0.3, 0.4) is 0 Å². The Morgan fingerprint density at radius 2 is 2.00 bits per heavy atom. The minimum absolute atomic E-state index is 0. The Labute approximate surface area is 167 Å². The summed E-state index contributed by atoms with van der Waals surface area (Å²) in [5.41, 5.74) is 0.296. The lowest BCUT2D eigenvalue weighted by Crippen LogP contribution is -2.52. The van der Waals surface area contributed by atoms with Gasteiger partial charge in [-0.2, -0.15) is 4.98 Å². The van der Waals surface area contributed by atoms with Crippen molar-refractivity contribution in [3.63, 3.8) is 0 Å². The lowest BCUT2D eigenvalue weighted by atomic mass is 10.2. The molecule has 3 rings (SSSR count). The summed E-state index contributed by atoms with van der Waals surface area (Å²) in [6.45, 7) is 4.56. The van der Waals surface area contributed by atoms with E-state index in [9.17, 15) is 8.78 Å². The van der Waals surface area contributed by atoms with Gasteiger partial charge in [-0.05, 0) is 12.1 Å². The number of aromatic nitrogens is 2. The van der Waals surface area contributed by atoms with E-state index in [1.807, 2.05) is 4.90 Å². The molecule has 142 valence electrons. The zero-order valence-corrected chi connectivity index (χ0v) is 16.9. The van der Waals surface area contributed by atoms with Gasteiger partial charge in [0.2, 0.25) is 5.89 Å². The zero-order chi connectivity index (χ0) is 17.8. The lowest BCUT2D eigenvalue weighted by molar-refractivity contribution is 0.367. The van der Waals surface area contributed by atoms with Gasteiger partial charge in [-0.3, -0.25) is 4.99 Å². The Hall–Kier alpha value is -1.98. The highest BCUT2D eigenvalue weighted by atomic mass is 127. The van der Waals surface area contributed by atoms with Gasteiger partial charge in [-0.15, -0.1) is 24.0 Å². The van der Waals surface area contributed by atoms with Crippen molar-refractivity contribution in [2.45, 2.75) is 13.5 Å². The molecule has 1 fully saturated rings. The van der Waals surface area contributed by atoms with Crippen LogP contribution in [0.2, 0.25) is 0 Å².